The minimum Gasteiger partial charge on any atom is -0.511 e. The Hall–Kier alpha value is -1.24. The fraction of sp³-hybridized carbons (Fsp3) is 0.429. The Balaban J connectivity index is 2.44. The van der Waals surface area contributed by atoms with Crippen molar-refractivity contribution in [3.05, 3.63) is 47.8 Å². The number of allylic oxidation sites excluding steroid dienone is 8. The van der Waals surface area contributed by atoms with Gasteiger partial charge in [-0.25, -0.2) is 0 Å². The van der Waals surface area contributed by atoms with Crippen LogP contribution >= 0.6 is 0 Å². The summed E-state index contributed by atoms with van der Waals surface area (Å²) in [7, 11) is 0. The van der Waals surface area contributed by atoms with Gasteiger partial charge in [-0.3, -0.25) is 0 Å². The van der Waals surface area contributed by atoms with Crippen LogP contribution in [-0.4, -0.2) is 5.11 Å². The van der Waals surface area contributed by atoms with Crippen molar-refractivity contribution >= 4 is 0 Å². The van der Waals surface area contributed by atoms with Crippen LogP contribution < -0.4 is 0 Å². The lowest BCUT2D eigenvalue weighted by atomic mass is 9.67. The van der Waals surface area contributed by atoms with Gasteiger partial charge in [-0.15, -0.1) is 0 Å². The first-order chi connectivity index (χ1) is 6.97. The molecule has 0 aromatic carbocycles. The van der Waals surface area contributed by atoms with E-state index in [4.69, 9.17) is 0 Å². The van der Waals surface area contributed by atoms with Gasteiger partial charge in [0, 0.05) is 11.0 Å². The van der Waals surface area contributed by atoms with Gasteiger partial charge in [0.1, 0.15) is 5.76 Å². The summed E-state index contributed by atoms with van der Waals surface area (Å²) in [5.41, 5.74) is 0.810. The molecule has 80 valence electrons. The van der Waals surface area contributed by atoms with Crippen LogP contribution in [0.1, 0.15) is 27.2 Å². The predicted molar refractivity (Wildman–Crippen MR) is 63.6 cm³/mol. The van der Waals surface area contributed by atoms with Gasteiger partial charge in [0.2, 0.25) is 0 Å². The Morgan fingerprint density at radius 2 is 1.80 bits per heavy atom. The molecule has 0 amide bonds. The summed E-state index contributed by atoms with van der Waals surface area (Å²) < 4.78 is 0. The summed E-state index contributed by atoms with van der Waals surface area (Å²) in [4.78, 5) is 0. The minimum absolute atomic E-state index is 0.0222. The van der Waals surface area contributed by atoms with Gasteiger partial charge in [0.05, 0.1) is 0 Å². The van der Waals surface area contributed by atoms with E-state index in [1.54, 1.807) is 0 Å². The fourth-order valence-electron chi connectivity index (χ4n) is 2.29. The molecule has 0 bridgehead atoms. The maximum atomic E-state index is 10.4. The van der Waals surface area contributed by atoms with E-state index in [0.29, 0.717) is 5.76 Å². The molecule has 1 unspecified atom stereocenters. The molecule has 15 heavy (non-hydrogen) atoms. The van der Waals surface area contributed by atoms with Crippen molar-refractivity contribution in [2.45, 2.75) is 27.2 Å². The first-order valence-electron chi connectivity index (χ1n) is 5.43. The van der Waals surface area contributed by atoms with Crippen LogP contribution in [0.25, 0.3) is 0 Å². The van der Waals surface area contributed by atoms with Crippen molar-refractivity contribution in [3.63, 3.8) is 0 Å². The van der Waals surface area contributed by atoms with Crippen molar-refractivity contribution in [2.24, 2.45) is 10.8 Å². The first-order valence-corrected chi connectivity index (χ1v) is 5.43. The quantitative estimate of drug-likeness (QED) is 0.505. The molecule has 1 N–H and O–H groups in total. The molecule has 0 aromatic heterocycles. The Bertz CT molecular complexity index is 380. The molecule has 0 heterocycles. The van der Waals surface area contributed by atoms with Crippen LogP contribution in [0.2, 0.25) is 0 Å². The maximum absolute atomic E-state index is 10.4. The number of hydrogen-bond donors (Lipinski definition) is 1. The molecule has 0 aromatic rings. The second kappa shape index (κ2) is 3.13. The first kappa shape index (κ1) is 10.3. The van der Waals surface area contributed by atoms with E-state index in [1.165, 1.54) is 0 Å². The topological polar surface area (TPSA) is 20.2 Å². The molecule has 1 nitrogen and oxygen atoms in total. The van der Waals surface area contributed by atoms with E-state index in [9.17, 15) is 5.11 Å². The zero-order valence-corrected chi connectivity index (χ0v) is 9.62. The lowest BCUT2D eigenvalue weighted by Crippen LogP contribution is -2.32. The molecule has 1 atom stereocenters. The Labute approximate surface area is 91.5 Å². The highest BCUT2D eigenvalue weighted by atomic mass is 16.3. The summed E-state index contributed by atoms with van der Waals surface area (Å²) in [6.45, 7) is 6.49. The third-order valence-corrected chi connectivity index (χ3v) is 3.94. The molecule has 2 rings (SSSR count). The highest BCUT2D eigenvalue weighted by molar-refractivity contribution is 5.44. The molecular weight excluding hydrogens is 184 g/mol. The van der Waals surface area contributed by atoms with Crippen molar-refractivity contribution in [2.75, 3.05) is 0 Å². The Kier molecular flexibility index (Phi) is 2.14. The van der Waals surface area contributed by atoms with Crippen molar-refractivity contribution in [1.82, 2.24) is 0 Å². The van der Waals surface area contributed by atoms with E-state index >= 15 is 0 Å². The van der Waals surface area contributed by atoms with E-state index in [2.05, 4.69) is 32.9 Å². The molecule has 0 aliphatic heterocycles. The Morgan fingerprint density at radius 3 is 2.27 bits per heavy atom. The molecule has 0 saturated heterocycles. The standard InChI is InChI=1S/C14H18O/c1-13(2)9-6-10-14(13,3)12(15)11-7-4-5-8-11/h4-9,15H,10H2,1-3H3. The fourth-order valence-corrected chi connectivity index (χ4v) is 2.29. The molecule has 0 fully saturated rings. The van der Waals surface area contributed by atoms with Gasteiger partial charge >= 0.3 is 0 Å². The zero-order valence-electron chi connectivity index (χ0n) is 9.62. The zero-order chi connectivity index (χ0) is 11.1. The predicted octanol–water partition coefficient (Wildman–Crippen LogP) is 3.92. The highest BCUT2D eigenvalue weighted by Crippen LogP contribution is 2.52. The van der Waals surface area contributed by atoms with Crippen LogP contribution in [-0.2, 0) is 0 Å². The van der Waals surface area contributed by atoms with Crippen LogP contribution in [0, 0.1) is 10.8 Å². The molecular formula is C14H18O. The van der Waals surface area contributed by atoms with Crippen LogP contribution in [0.5, 0.6) is 0 Å². The number of hydrogen-bond acceptors (Lipinski definition) is 1. The minimum atomic E-state index is -0.165. The van der Waals surface area contributed by atoms with Crippen molar-refractivity contribution < 1.29 is 5.11 Å². The normalized spacial score (nSPS) is 31.5. The summed E-state index contributed by atoms with van der Waals surface area (Å²) in [6.07, 6.45) is 13.1. The summed E-state index contributed by atoms with van der Waals surface area (Å²) in [6, 6.07) is 0. The van der Waals surface area contributed by atoms with Gasteiger partial charge < -0.3 is 5.11 Å². The van der Waals surface area contributed by atoms with E-state index < -0.39 is 0 Å². The van der Waals surface area contributed by atoms with Gasteiger partial charge in [-0.05, 0) is 11.8 Å². The third kappa shape index (κ3) is 1.38. The molecule has 2 aliphatic carbocycles. The second-order valence-corrected chi connectivity index (χ2v) is 5.18. The van der Waals surface area contributed by atoms with Gasteiger partial charge in [0.25, 0.3) is 0 Å². The number of aliphatic hydroxyl groups is 1. The van der Waals surface area contributed by atoms with Gasteiger partial charge in [-0.1, -0.05) is 57.2 Å². The summed E-state index contributed by atoms with van der Waals surface area (Å²) in [5.74, 6) is 0.516. The van der Waals surface area contributed by atoms with Crippen molar-refractivity contribution in [3.8, 4) is 0 Å². The Morgan fingerprint density at radius 1 is 1.20 bits per heavy atom. The molecule has 0 radical (unpaired) electrons. The smallest absolute Gasteiger partial charge is 0.106 e. The maximum Gasteiger partial charge on any atom is 0.106 e. The highest BCUT2D eigenvalue weighted by Gasteiger charge is 2.45. The summed E-state index contributed by atoms with van der Waals surface area (Å²) in [5, 5.41) is 10.4. The largest absolute Gasteiger partial charge is 0.511 e. The average Bonchev–Trinajstić information content (AvgIpc) is 2.75. The van der Waals surface area contributed by atoms with E-state index in [0.717, 1.165) is 12.0 Å². The monoisotopic (exact) mass is 202 g/mol. The molecule has 0 saturated carbocycles. The SMILES string of the molecule is CC1(C)C=CCC1(C)C(O)=C1C=CC=C1. The van der Waals surface area contributed by atoms with Crippen LogP contribution in [0.3, 0.4) is 0 Å². The molecule has 2 aliphatic rings. The lowest BCUT2D eigenvalue weighted by molar-refractivity contribution is 0.135. The summed E-state index contributed by atoms with van der Waals surface area (Å²) >= 11 is 0. The van der Waals surface area contributed by atoms with E-state index in [-0.39, 0.29) is 10.8 Å². The number of aliphatic hydroxyl groups excluding tert-OH is 1. The second-order valence-electron chi connectivity index (χ2n) is 5.18. The number of rotatable bonds is 1. The lowest BCUT2D eigenvalue weighted by Gasteiger charge is -2.38. The molecule has 1 heteroatoms. The van der Waals surface area contributed by atoms with Gasteiger partial charge in [-0.2, -0.15) is 0 Å². The third-order valence-electron chi connectivity index (χ3n) is 3.94. The van der Waals surface area contributed by atoms with Crippen LogP contribution in [0.4, 0.5) is 0 Å². The molecule has 0 spiro atoms. The van der Waals surface area contributed by atoms with E-state index in [1.807, 2.05) is 24.3 Å². The van der Waals surface area contributed by atoms with Gasteiger partial charge in [0.15, 0.2) is 0 Å². The van der Waals surface area contributed by atoms with Crippen LogP contribution in [0.15, 0.2) is 47.8 Å². The van der Waals surface area contributed by atoms with Crippen molar-refractivity contribution in [1.29, 1.82) is 0 Å². The average molecular weight is 202 g/mol.